The van der Waals surface area contributed by atoms with Gasteiger partial charge in [-0.3, -0.25) is 15.0 Å². The number of pyridine rings is 1. The summed E-state index contributed by atoms with van der Waals surface area (Å²) in [6.07, 6.45) is 12.4. The molecule has 3 aromatic heterocycles. The molecule has 1 saturated heterocycles. The largest absolute Gasteiger partial charge is 0.340 e. The van der Waals surface area contributed by atoms with Gasteiger partial charge in [0, 0.05) is 41.2 Å². The summed E-state index contributed by atoms with van der Waals surface area (Å²) in [7, 11) is 0. The van der Waals surface area contributed by atoms with Gasteiger partial charge in [-0.2, -0.15) is 5.10 Å². The van der Waals surface area contributed by atoms with E-state index in [0.29, 0.717) is 0 Å². The molecule has 4 heterocycles. The van der Waals surface area contributed by atoms with Crippen molar-refractivity contribution in [2.75, 3.05) is 19.3 Å². The van der Waals surface area contributed by atoms with E-state index in [2.05, 4.69) is 74.5 Å². The molecule has 6 nitrogen and oxygen atoms in total. The standard InChI is InChI=1S/C29H32N6S/c1-5-8-24(19(2)18-36-4)27-20(3)31-29(32-27)28-25-14-22(9-10-26(25)33-34-28)23-13-21(15-30-16-23)17-35-11-6-7-12-35/h5,8-10,13-16,18H,1,6-7,11-12,17H2,2-4H3,(H,31,32)(H,33,34)/b19-18+,24-8-. The summed E-state index contributed by atoms with van der Waals surface area (Å²) in [5.74, 6) is 0.749. The van der Waals surface area contributed by atoms with Crippen molar-refractivity contribution in [3.8, 4) is 22.6 Å². The van der Waals surface area contributed by atoms with Crippen LogP contribution < -0.4 is 0 Å². The number of imidazole rings is 1. The van der Waals surface area contributed by atoms with E-state index in [1.165, 1.54) is 31.5 Å². The minimum absolute atomic E-state index is 0.749. The number of hydrogen-bond acceptors (Lipinski definition) is 5. The van der Waals surface area contributed by atoms with Crippen LogP contribution in [0.3, 0.4) is 0 Å². The van der Waals surface area contributed by atoms with Gasteiger partial charge in [-0.1, -0.05) is 24.8 Å². The molecule has 1 aliphatic heterocycles. The van der Waals surface area contributed by atoms with Gasteiger partial charge in [-0.15, -0.1) is 11.8 Å². The van der Waals surface area contributed by atoms with Gasteiger partial charge in [0.25, 0.3) is 0 Å². The van der Waals surface area contributed by atoms with E-state index in [0.717, 1.165) is 62.6 Å². The van der Waals surface area contributed by atoms with Gasteiger partial charge in [0.2, 0.25) is 0 Å². The summed E-state index contributed by atoms with van der Waals surface area (Å²) in [5.41, 5.74) is 9.40. The van der Waals surface area contributed by atoms with Crippen molar-refractivity contribution in [2.45, 2.75) is 33.2 Å². The Hall–Kier alpha value is -3.42. The lowest BCUT2D eigenvalue weighted by molar-refractivity contribution is 0.331. The summed E-state index contributed by atoms with van der Waals surface area (Å²) in [6, 6.07) is 8.65. The van der Waals surface area contributed by atoms with Crippen LogP contribution in [0.15, 0.2) is 66.4 Å². The molecule has 0 saturated carbocycles. The number of aromatic nitrogens is 5. The van der Waals surface area contributed by atoms with E-state index >= 15 is 0 Å². The highest BCUT2D eigenvalue weighted by molar-refractivity contribution is 8.01. The van der Waals surface area contributed by atoms with Gasteiger partial charge in [0.1, 0.15) is 5.69 Å². The highest BCUT2D eigenvalue weighted by Gasteiger charge is 2.18. The summed E-state index contributed by atoms with van der Waals surface area (Å²) in [4.78, 5) is 15.5. The molecule has 5 rings (SSSR count). The topological polar surface area (TPSA) is 73.5 Å². The fourth-order valence-electron chi connectivity index (χ4n) is 4.89. The average molecular weight is 497 g/mol. The van der Waals surface area contributed by atoms with Crippen LogP contribution in [0.1, 0.15) is 36.7 Å². The Balaban J connectivity index is 1.51. The number of aryl methyl sites for hydroxylation is 1. The third-order valence-corrected chi connectivity index (χ3v) is 7.25. The van der Waals surface area contributed by atoms with Crippen molar-refractivity contribution in [1.82, 2.24) is 30.0 Å². The second kappa shape index (κ2) is 10.7. The molecule has 1 aliphatic rings. The van der Waals surface area contributed by atoms with Crippen molar-refractivity contribution < 1.29 is 0 Å². The minimum atomic E-state index is 0.749. The number of aromatic amines is 2. The number of nitrogens with one attached hydrogen (secondary N) is 2. The molecule has 0 bridgehead atoms. The van der Waals surface area contributed by atoms with Crippen molar-refractivity contribution >= 4 is 28.2 Å². The summed E-state index contributed by atoms with van der Waals surface area (Å²) in [5, 5.41) is 11.0. The molecule has 1 fully saturated rings. The molecule has 7 heteroatoms. The Kier molecular flexibility index (Phi) is 7.20. The predicted octanol–water partition coefficient (Wildman–Crippen LogP) is 6.76. The van der Waals surface area contributed by atoms with Crippen LogP contribution in [0, 0.1) is 6.92 Å². The van der Waals surface area contributed by atoms with Gasteiger partial charge in [-0.05, 0) is 86.3 Å². The Bertz CT molecular complexity index is 1450. The predicted molar refractivity (Wildman–Crippen MR) is 152 cm³/mol. The zero-order valence-electron chi connectivity index (χ0n) is 21.1. The zero-order chi connectivity index (χ0) is 25.1. The van der Waals surface area contributed by atoms with E-state index in [-0.39, 0.29) is 0 Å². The van der Waals surface area contributed by atoms with Gasteiger partial charge < -0.3 is 4.98 Å². The number of rotatable bonds is 8. The maximum atomic E-state index is 4.98. The molecule has 4 aromatic rings. The summed E-state index contributed by atoms with van der Waals surface area (Å²) < 4.78 is 0. The zero-order valence-corrected chi connectivity index (χ0v) is 22.0. The molecule has 0 aliphatic carbocycles. The molecule has 0 spiro atoms. The molecule has 2 N–H and O–H groups in total. The molecular weight excluding hydrogens is 464 g/mol. The second-order valence-electron chi connectivity index (χ2n) is 9.31. The highest BCUT2D eigenvalue weighted by atomic mass is 32.2. The van der Waals surface area contributed by atoms with Crippen LogP contribution in [0.5, 0.6) is 0 Å². The smallest absolute Gasteiger partial charge is 0.159 e. The highest BCUT2D eigenvalue weighted by Crippen LogP contribution is 2.32. The van der Waals surface area contributed by atoms with Crippen molar-refractivity contribution in [1.29, 1.82) is 0 Å². The van der Waals surface area contributed by atoms with E-state index in [9.17, 15) is 0 Å². The van der Waals surface area contributed by atoms with Crippen LogP contribution in [0.25, 0.3) is 39.1 Å². The van der Waals surface area contributed by atoms with Crippen LogP contribution in [0.2, 0.25) is 0 Å². The third kappa shape index (κ3) is 4.94. The van der Waals surface area contributed by atoms with E-state index in [1.807, 2.05) is 31.5 Å². The molecule has 0 unspecified atom stereocenters. The maximum absolute atomic E-state index is 4.98. The summed E-state index contributed by atoms with van der Waals surface area (Å²) in [6.45, 7) is 11.4. The number of hydrogen-bond donors (Lipinski definition) is 2. The van der Waals surface area contributed by atoms with Gasteiger partial charge in [-0.25, -0.2) is 4.98 Å². The number of allylic oxidation sites excluding steroid dienone is 4. The maximum Gasteiger partial charge on any atom is 0.159 e. The first-order valence-electron chi connectivity index (χ1n) is 12.3. The Labute approximate surface area is 216 Å². The fraction of sp³-hybridized carbons (Fsp3) is 0.276. The lowest BCUT2D eigenvalue weighted by Crippen LogP contribution is -2.18. The number of likely N-dealkylation sites (tertiary alicyclic amines) is 1. The SMILES string of the molecule is C=C/C=C(/C(C)=C/SC)c1nc(-c2n[nH]c3ccc(-c4cncc(CN5CCCC5)c4)cc23)[nH]c1C. The van der Waals surface area contributed by atoms with Crippen molar-refractivity contribution in [2.24, 2.45) is 0 Å². The first-order chi connectivity index (χ1) is 17.6. The number of fused-ring (bicyclic) bond motifs is 1. The van der Waals surface area contributed by atoms with Crippen molar-refractivity contribution in [3.05, 3.63) is 83.3 Å². The Morgan fingerprint density at radius 1 is 1.17 bits per heavy atom. The Morgan fingerprint density at radius 2 is 2.00 bits per heavy atom. The molecule has 184 valence electrons. The van der Waals surface area contributed by atoms with E-state index < -0.39 is 0 Å². The lowest BCUT2D eigenvalue weighted by Gasteiger charge is -2.14. The normalized spacial score (nSPS) is 15.2. The first kappa shape index (κ1) is 24.3. The monoisotopic (exact) mass is 496 g/mol. The molecule has 1 aromatic carbocycles. The molecule has 0 radical (unpaired) electrons. The van der Waals surface area contributed by atoms with Crippen LogP contribution in [-0.2, 0) is 6.54 Å². The molecule has 0 amide bonds. The first-order valence-corrected chi connectivity index (χ1v) is 13.6. The number of nitrogens with zero attached hydrogens (tertiary/aromatic N) is 4. The second-order valence-corrected chi connectivity index (χ2v) is 10.0. The molecule has 36 heavy (non-hydrogen) atoms. The number of thioether (sulfide) groups is 1. The molecular formula is C29H32N6S. The van der Waals surface area contributed by atoms with Gasteiger partial charge in [0.15, 0.2) is 5.82 Å². The van der Waals surface area contributed by atoms with Crippen LogP contribution in [-0.4, -0.2) is 49.4 Å². The van der Waals surface area contributed by atoms with E-state index in [1.54, 1.807) is 11.8 Å². The van der Waals surface area contributed by atoms with E-state index in [4.69, 9.17) is 4.98 Å². The molecule has 0 atom stereocenters. The number of benzene rings is 1. The van der Waals surface area contributed by atoms with Gasteiger partial charge >= 0.3 is 0 Å². The van der Waals surface area contributed by atoms with Crippen LogP contribution >= 0.6 is 11.8 Å². The fourth-order valence-corrected chi connectivity index (χ4v) is 5.38. The average Bonchev–Trinajstić information content (AvgIpc) is 3.62. The summed E-state index contributed by atoms with van der Waals surface area (Å²) >= 11 is 1.68. The number of H-pyrrole nitrogens is 2. The van der Waals surface area contributed by atoms with Crippen molar-refractivity contribution in [3.63, 3.8) is 0 Å². The Morgan fingerprint density at radius 3 is 2.78 bits per heavy atom. The lowest BCUT2D eigenvalue weighted by atomic mass is 10.0. The third-order valence-electron chi connectivity index (χ3n) is 6.66. The van der Waals surface area contributed by atoms with Crippen LogP contribution in [0.4, 0.5) is 0 Å². The quantitative estimate of drug-likeness (QED) is 0.264. The minimum Gasteiger partial charge on any atom is -0.340 e. The van der Waals surface area contributed by atoms with Gasteiger partial charge in [0.05, 0.1) is 11.2 Å².